The molecule has 0 spiro atoms. The Kier molecular flexibility index (Phi) is 6.90. The lowest BCUT2D eigenvalue weighted by Crippen LogP contribution is -2.46. The van der Waals surface area contributed by atoms with Crippen molar-refractivity contribution in [2.75, 3.05) is 33.3 Å². The van der Waals surface area contributed by atoms with E-state index < -0.39 is 0 Å². The molecule has 3 rings (SSSR count). The van der Waals surface area contributed by atoms with E-state index in [1.165, 1.54) is 12.6 Å². The number of hydrogen-bond acceptors (Lipinski definition) is 4. The van der Waals surface area contributed by atoms with Crippen LogP contribution in [0.1, 0.15) is 32.0 Å². The molecule has 0 radical (unpaired) electrons. The lowest BCUT2D eigenvalue weighted by molar-refractivity contribution is -0.146. The molecule has 1 N–H and O–H groups in total. The minimum atomic E-state index is -0.0930. The van der Waals surface area contributed by atoms with Gasteiger partial charge in [0.15, 0.2) is 5.96 Å². The zero-order valence-corrected chi connectivity index (χ0v) is 17.1. The molecule has 1 aliphatic rings. The number of esters is 1. The first-order chi connectivity index (χ1) is 13.6. The molecular weight excluding hydrogens is 354 g/mol. The molecule has 1 aromatic carbocycles. The minimum absolute atomic E-state index is 0.0154. The number of piperidine rings is 1. The van der Waals surface area contributed by atoms with Crippen LogP contribution in [0.15, 0.2) is 29.3 Å². The summed E-state index contributed by atoms with van der Waals surface area (Å²) < 4.78 is 7.14. The average Bonchev–Trinajstić information content (AvgIpc) is 3.05. The van der Waals surface area contributed by atoms with Crippen molar-refractivity contribution in [1.29, 1.82) is 0 Å². The predicted octanol–water partition coefficient (Wildman–Crippen LogP) is 2.59. The second kappa shape index (κ2) is 9.57. The van der Waals surface area contributed by atoms with Crippen LogP contribution in [-0.2, 0) is 16.1 Å². The molecular formula is C21H31N5O2. The number of guanidine groups is 1. The molecule has 0 aliphatic carbocycles. The van der Waals surface area contributed by atoms with Crippen LogP contribution >= 0.6 is 0 Å². The second-order valence-electron chi connectivity index (χ2n) is 7.17. The van der Waals surface area contributed by atoms with Crippen molar-refractivity contribution >= 4 is 23.0 Å². The van der Waals surface area contributed by atoms with E-state index in [-0.39, 0.29) is 11.9 Å². The average molecular weight is 386 g/mol. The number of rotatable bonds is 6. The number of nitrogens with zero attached hydrogens (tertiary/aromatic N) is 4. The number of para-hydroxylation sites is 2. The Morgan fingerprint density at radius 1 is 1.32 bits per heavy atom. The van der Waals surface area contributed by atoms with E-state index in [9.17, 15) is 4.79 Å². The van der Waals surface area contributed by atoms with E-state index in [2.05, 4.69) is 51.8 Å². The van der Waals surface area contributed by atoms with Crippen molar-refractivity contribution < 1.29 is 9.53 Å². The zero-order valence-electron chi connectivity index (χ0n) is 17.1. The molecule has 0 unspecified atom stereocenters. The smallest absolute Gasteiger partial charge is 0.308 e. The number of ether oxygens (including phenoxy) is 1. The molecule has 2 heterocycles. The van der Waals surface area contributed by atoms with Gasteiger partial charge in [0, 0.05) is 32.7 Å². The number of likely N-dealkylation sites (tertiary alicyclic amines) is 1. The van der Waals surface area contributed by atoms with Crippen LogP contribution in [0.25, 0.3) is 11.0 Å². The van der Waals surface area contributed by atoms with Crippen LogP contribution in [0.2, 0.25) is 0 Å². The zero-order chi connectivity index (χ0) is 19.9. The van der Waals surface area contributed by atoms with Gasteiger partial charge in [-0.15, -0.1) is 0 Å². The van der Waals surface area contributed by atoms with Gasteiger partial charge in [-0.05, 0) is 45.2 Å². The van der Waals surface area contributed by atoms with Gasteiger partial charge in [0.25, 0.3) is 0 Å². The molecule has 1 aliphatic heterocycles. The molecule has 1 saturated heterocycles. The fourth-order valence-electron chi connectivity index (χ4n) is 3.81. The van der Waals surface area contributed by atoms with Gasteiger partial charge in [0.1, 0.15) is 5.82 Å². The molecule has 7 heteroatoms. The molecule has 0 atom stereocenters. The van der Waals surface area contributed by atoms with E-state index in [0.29, 0.717) is 0 Å². The number of aromatic nitrogens is 2. The van der Waals surface area contributed by atoms with Crippen molar-refractivity contribution in [3.05, 3.63) is 30.1 Å². The molecule has 152 valence electrons. The number of methoxy groups -OCH3 is 1. The third kappa shape index (κ3) is 4.64. The van der Waals surface area contributed by atoms with Gasteiger partial charge in [-0.3, -0.25) is 9.79 Å². The summed E-state index contributed by atoms with van der Waals surface area (Å²) in [4.78, 5) is 23.4. The van der Waals surface area contributed by atoms with Crippen molar-refractivity contribution in [3.63, 3.8) is 0 Å². The Morgan fingerprint density at radius 2 is 2.07 bits per heavy atom. The maximum Gasteiger partial charge on any atom is 0.308 e. The standard InChI is InChI=1S/C21H31N5O2/c1-4-22-21(25-14-10-17(11-15-25)20(27)28-3)23-12-7-13-26-16(2)24-18-8-5-6-9-19(18)26/h5-6,8-9,17H,4,7,10-15H2,1-3H3,(H,22,23). The molecule has 0 bridgehead atoms. The predicted molar refractivity (Wildman–Crippen MR) is 111 cm³/mol. The number of carbonyl (C=O) groups is 1. The first-order valence-corrected chi connectivity index (χ1v) is 10.2. The van der Waals surface area contributed by atoms with Crippen LogP contribution in [-0.4, -0.2) is 59.7 Å². The summed E-state index contributed by atoms with van der Waals surface area (Å²) in [6.45, 7) is 8.29. The third-order valence-electron chi connectivity index (χ3n) is 5.31. The van der Waals surface area contributed by atoms with Crippen molar-refractivity contribution in [1.82, 2.24) is 19.8 Å². The lowest BCUT2D eigenvalue weighted by Gasteiger charge is -2.33. The summed E-state index contributed by atoms with van der Waals surface area (Å²) >= 11 is 0. The first kappa shape index (κ1) is 20.2. The van der Waals surface area contributed by atoms with Crippen molar-refractivity contribution in [2.24, 2.45) is 10.9 Å². The van der Waals surface area contributed by atoms with Gasteiger partial charge < -0.3 is 19.5 Å². The normalized spacial score (nSPS) is 15.8. The summed E-state index contributed by atoms with van der Waals surface area (Å²) in [6, 6.07) is 8.25. The summed E-state index contributed by atoms with van der Waals surface area (Å²) in [6.07, 6.45) is 2.59. The highest BCUT2D eigenvalue weighted by molar-refractivity contribution is 5.80. The fraction of sp³-hybridized carbons (Fsp3) is 0.571. The number of benzene rings is 1. The van der Waals surface area contributed by atoms with E-state index in [1.807, 2.05) is 6.07 Å². The summed E-state index contributed by atoms with van der Waals surface area (Å²) in [5.74, 6) is 1.91. The molecule has 1 aromatic heterocycles. The molecule has 2 aromatic rings. The Bertz CT molecular complexity index is 821. The summed E-state index contributed by atoms with van der Waals surface area (Å²) in [5, 5.41) is 3.39. The van der Waals surface area contributed by atoms with Crippen LogP contribution in [0.4, 0.5) is 0 Å². The quantitative estimate of drug-likeness (QED) is 0.358. The highest BCUT2D eigenvalue weighted by Crippen LogP contribution is 2.19. The second-order valence-corrected chi connectivity index (χ2v) is 7.17. The van der Waals surface area contributed by atoms with Crippen LogP contribution in [0, 0.1) is 12.8 Å². The van der Waals surface area contributed by atoms with E-state index in [4.69, 9.17) is 9.73 Å². The molecule has 0 amide bonds. The van der Waals surface area contributed by atoms with Gasteiger partial charge in [0.05, 0.1) is 24.1 Å². The number of aliphatic imine (C=N–C) groups is 1. The van der Waals surface area contributed by atoms with Crippen LogP contribution in [0.3, 0.4) is 0 Å². The van der Waals surface area contributed by atoms with Gasteiger partial charge >= 0.3 is 5.97 Å². The number of aryl methyl sites for hydroxylation is 2. The Balaban J connectivity index is 1.56. The monoisotopic (exact) mass is 385 g/mol. The number of carbonyl (C=O) groups excluding carboxylic acids is 1. The number of nitrogens with one attached hydrogen (secondary N) is 1. The fourth-order valence-corrected chi connectivity index (χ4v) is 3.81. The van der Waals surface area contributed by atoms with Crippen molar-refractivity contribution in [3.8, 4) is 0 Å². The molecule has 1 fully saturated rings. The molecule has 7 nitrogen and oxygen atoms in total. The van der Waals surface area contributed by atoms with Crippen LogP contribution in [0.5, 0.6) is 0 Å². The Morgan fingerprint density at radius 3 is 2.79 bits per heavy atom. The maximum atomic E-state index is 11.7. The third-order valence-corrected chi connectivity index (χ3v) is 5.31. The SMILES string of the molecule is CCNC(=NCCCn1c(C)nc2ccccc21)N1CCC(C(=O)OC)CC1. The highest BCUT2D eigenvalue weighted by Gasteiger charge is 2.26. The number of fused-ring (bicyclic) bond motifs is 1. The first-order valence-electron chi connectivity index (χ1n) is 10.2. The van der Waals surface area contributed by atoms with Crippen molar-refractivity contribution in [2.45, 2.75) is 39.7 Å². The Labute approximate surface area is 166 Å². The van der Waals surface area contributed by atoms with Gasteiger partial charge in [0.2, 0.25) is 0 Å². The summed E-state index contributed by atoms with van der Waals surface area (Å²) in [7, 11) is 1.46. The van der Waals surface area contributed by atoms with Gasteiger partial charge in [-0.25, -0.2) is 4.98 Å². The van der Waals surface area contributed by atoms with Crippen LogP contribution < -0.4 is 5.32 Å². The van der Waals surface area contributed by atoms with Gasteiger partial charge in [-0.1, -0.05) is 12.1 Å². The molecule has 0 saturated carbocycles. The topological polar surface area (TPSA) is 71.8 Å². The lowest BCUT2D eigenvalue weighted by atomic mass is 9.97. The van der Waals surface area contributed by atoms with Gasteiger partial charge in [-0.2, -0.15) is 0 Å². The number of imidazole rings is 1. The maximum absolute atomic E-state index is 11.7. The number of hydrogen-bond donors (Lipinski definition) is 1. The van der Waals surface area contributed by atoms with E-state index in [0.717, 1.165) is 69.3 Å². The van der Waals surface area contributed by atoms with E-state index >= 15 is 0 Å². The minimum Gasteiger partial charge on any atom is -0.469 e. The molecule has 28 heavy (non-hydrogen) atoms. The largest absolute Gasteiger partial charge is 0.469 e. The highest BCUT2D eigenvalue weighted by atomic mass is 16.5. The summed E-state index contributed by atoms with van der Waals surface area (Å²) in [5.41, 5.74) is 2.23. The van der Waals surface area contributed by atoms with E-state index in [1.54, 1.807) is 0 Å². The Hall–Kier alpha value is -2.57.